The summed E-state index contributed by atoms with van der Waals surface area (Å²) in [6.45, 7) is 1.79. The molecule has 4 nitrogen and oxygen atoms in total. The van der Waals surface area contributed by atoms with Crippen LogP contribution in [0.15, 0.2) is 12.2 Å². The first-order valence-corrected chi connectivity index (χ1v) is 5.66. The Labute approximate surface area is 95.6 Å². The van der Waals surface area contributed by atoms with Crippen molar-refractivity contribution in [2.24, 2.45) is 11.8 Å². The summed E-state index contributed by atoms with van der Waals surface area (Å²) in [5, 5.41) is 0. The summed E-state index contributed by atoms with van der Waals surface area (Å²) in [6, 6.07) is 0. The standard InChI is InChI=1S/C12H18O4/c1-8(13)16-11-4-3-9-5-10(11)6-12(9)15-7-14-2/h3-4,9-12H,5-7H2,1-2H3/t9-,10-,11-,12?/m0/s1. The van der Waals surface area contributed by atoms with Crippen LogP contribution in [0.1, 0.15) is 19.8 Å². The smallest absolute Gasteiger partial charge is 0.303 e. The summed E-state index contributed by atoms with van der Waals surface area (Å²) >= 11 is 0. The van der Waals surface area contributed by atoms with Crippen molar-refractivity contribution in [2.75, 3.05) is 13.9 Å². The van der Waals surface area contributed by atoms with E-state index in [1.54, 1.807) is 7.11 Å². The zero-order chi connectivity index (χ0) is 11.5. The summed E-state index contributed by atoms with van der Waals surface area (Å²) in [4.78, 5) is 10.9. The van der Waals surface area contributed by atoms with Gasteiger partial charge in [0.1, 0.15) is 12.9 Å². The van der Waals surface area contributed by atoms with E-state index in [1.807, 2.05) is 6.08 Å². The molecule has 2 aliphatic carbocycles. The maximum atomic E-state index is 10.9. The molecule has 90 valence electrons. The van der Waals surface area contributed by atoms with Crippen molar-refractivity contribution >= 4 is 5.97 Å². The highest BCUT2D eigenvalue weighted by Crippen LogP contribution is 2.41. The van der Waals surface area contributed by atoms with Crippen LogP contribution in [0.5, 0.6) is 0 Å². The van der Waals surface area contributed by atoms with Crippen molar-refractivity contribution in [1.29, 1.82) is 0 Å². The van der Waals surface area contributed by atoms with Gasteiger partial charge in [0.05, 0.1) is 6.10 Å². The first kappa shape index (κ1) is 11.6. The molecule has 0 amide bonds. The molecule has 0 aromatic heterocycles. The molecule has 0 heterocycles. The van der Waals surface area contributed by atoms with Crippen LogP contribution in [-0.2, 0) is 19.0 Å². The Bertz CT molecular complexity index is 287. The lowest BCUT2D eigenvalue weighted by Crippen LogP contribution is -2.24. The highest BCUT2D eigenvalue weighted by atomic mass is 16.7. The van der Waals surface area contributed by atoms with Gasteiger partial charge in [-0.05, 0) is 18.9 Å². The van der Waals surface area contributed by atoms with E-state index in [0.29, 0.717) is 18.6 Å². The van der Waals surface area contributed by atoms with Gasteiger partial charge in [0.15, 0.2) is 0 Å². The number of methoxy groups -OCH3 is 1. The lowest BCUT2D eigenvalue weighted by molar-refractivity contribution is -0.146. The van der Waals surface area contributed by atoms with E-state index in [-0.39, 0.29) is 18.2 Å². The Morgan fingerprint density at radius 1 is 1.38 bits per heavy atom. The number of carbonyl (C=O) groups excluding carboxylic acids is 1. The molecule has 16 heavy (non-hydrogen) atoms. The molecule has 0 aromatic rings. The van der Waals surface area contributed by atoms with Gasteiger partial charge >= 0.3 is 5.97 Å². The van der Waals surface area contributed by atoms with Crippen molar-refractivity contribution < 1.29 is 19.0 Å². The topological polar surface area (TPSA) is 44.8 Å². The molecule has 1 saturated carbocycles. The lowest BCUT2D eigenvalue weighted by atomic mass is 9.93. The fourth-order valence-electron chi connectivity index (χ4n) is 2.63. The number of fused-ring (bicyclic) bond motifs is 2. The quantitative estimate of drug-likeness (QED) is 0.414. The molecule has 0 spiro atoms. The third-order valence-electron chi connectivity index (χ3n) is 3.30. The summed E-state index contributed by atoms with van der Waals surface area (Å²) in [6.07, 6.45) is 6.24. The predicted molar refractivity (Wildman–Crippen MR) is 57.7 cm³/mol. The van der Waals surface area contributed by atoms with Gasteiger partial charge in [-0.1, -0.05) is 6.08 Å². The Kier molecular flexibility index (Phi) is 3.61. The first-order valence-electron chi connectivity index (χ1n) is 5.66. The Morgan fingerprint density at radius 3 is 2.88 bits per heavy atom. The summed E-state index contributed by atoms with van der Waals surface area (Å²) in [5.41, 5.74) is 0. The zero-order valence-corrected chi connectivity index (χ0v) is 9.72. The molecule has 1 fully saturated rings. The zero-order valence-electron chi connectivity index (χ0n) is 9.72. The summed E-state index contributed by atoms with van der Waals surface area (Å²) in [5.74, 6) is 0.641. The number of hydrogen-bond acceptors (Lipinski definition) is 4. The molecule has 2 rings (SSSR count). The molecule has 2 bridgehead atoms. The second-order valence-corrected chi connectivity index (χ2v) is 4.47. The summed E-state index contributed by atoms with van der Waals surface area (Å²) < 4.78 is 15.8. The number of esters is 1. The molecule has 1 unspecified atom stereocenters. The molecule has 2 aliphatic rings. The largest absolute Gasteiger partial charge is 0.458 e. The lowest BCUT2D eigenvalue weighted by Gasteiger charge is -2.22. The molecule has 0 saturated heterocycles. The van der Waals surface area contributed by atoms with E-state index in [0.717, 1.165) is 12.8 Å². The van der Waals surface area contributed by atoms with E-state index in [1.165, 1.54) is 6.92 Å². The molecule has 0 radical (unpaired) electrons. The Balaban J connectivity index is 1.92. The van der Waals surface area contributed by atoms with Gasteiger partial charge in [-0.15, -0.1) is 0 Å². The van der Waals surface area contributed by atoms with Gasteiger partial charge in [-0.2, -0.15) is 0 Å². The summed E-state index contributed by atoms with van der Waals surface area (Å²) in [7, 11) is 1.62. The normalized spacial score (nSPS) is 36.4. The van der Waals surface area contributed by atoms with Crippen LogP contribution in [0, 0.1) is 11.8 Å². The van der Waals surface area contributed by atoms with Crippen molar-refractivity contribution in [3.05, 3.63) is 12.2 Å². The van der Waals surface area contributed by atoms with Crippen LogP contribution in [0.4, 0.5) is 0 Å². The Morgan fingerprint density at radius 2 is 2.19 bits per heavy atom. The van der Waals surface area contributed by atoms with Gasteiger partial charge in [-0.3, -0.25) is 4.79 Å². The van der Waals surface area contributed by atoms with Gasteiger partial charge < -0.3 is 14.2 Å². The van der Waals surface area contributed by atoms with E-state index in [4.69, 9.17) is 14.2 Å². The van der Waals surface area contributed by atoms with Crippen molar-refractivity contribution in [2.45, 2.75) is 32.0 Å². The van der Waals surface area contributed by atoms with Crippen molar-refractivity contribution in [1.82, 2.24) is 0 Å². The van der Waals surface area contributed by atoms with Crippen LogP contribution in [0.2, 0.25) is 0 Å². The maximum absolute atomic E-state index is 10.9. The molecule has 0 aromatic carbocycles. The second kappa shape index (κ2) is 4.97. The van der Waals surface area contributed by atoms with E-state index < -0.39 is 0 Å². The van der Waals surface area contributed by atoms with Gasteiger partial charge in [0.25, 0.3) is 0 Å². The molecule has 4 heteroatoms. The van der Waals surface area contributed by atoms with Crippen LogP contribution in [0.25, 0.3) is 0 Å². The van der Waals surface area contributed by atoms with Crippen LogP contribution < -0.4 is 0 Å². The fourth-order valence-corrected chi connectivity index (χ4v) is 2.63. The third-order valence-corrected chi connectivity index (χ3v) is 3.30. The predicted octanol–water partition coefficient (Wildman–Crippen LogP) is 1.50. The van der Waals surface area contributed by atoms with Crippen LogP contribution >= 0.6 is 0 Å². The van der Waals surface area contributed by atoms with Crippen LogP contribution in [-0.4, -0.2) is 32.1 Å². The molecule has 4 atom stereocenters. The maximum Gasteiger partial charge on any atom is 0.303 e. The van der Waals surface area contributed by atoms with E-state index in [2.05, 4.69) is 6.08 Å². The minimum Gasteiger partial charge on any atom is -0.458 e. The number of carbonyl (C=O) groups is 1. The molecule has 0 N–H and O–H groups in total. The molecular formula is C12H18O4. The monoisotopic (exact) mass is 226 g/mol. The third kappa shape index (κ3) is 2.44. The fraction of sp³-hybridized carbons (Fsp3) is 0.750. The number of hydrogen-bond donors (Lipinski definition) is 0. The minimum absolute atomic E-state index is 0.0649. The van der Waals surface area contributed by atoms with Crippen LogP contribution in [0.3, 0.4) is 0 Å². The van der Waals surface area contributed by atoms with Gasteiger partial charge in [0.2, 0.25) is 0 Å². The first-order chi connectivity index (χ1) is 7.70. The van der Waals surface area contributed by atoms with Gasteiger partial charge in [0, 0.05) is 25.9 Å². The average Bonchev–Trinajstić information content (AvgIpc) is 2.57. The van der Waals surface area contributed by atoms with Crippen molar-refractivity contribution in [3.8, 4) is 0 Å². The average molecular weight is 226 g/mol. The number of ether oxygens (including phenoxy) is 3. The van der Waals surface area contributed by atoms with E-state index >= 15 is 0 Å². The highest BCUT2D eigenvalue weighted by molar-refractivity contribution is 5.66. The Hall–Kier alpha value is -0.870. The van der Waals surface area contributed by atoms with Crippen molar-refractivity contribution in [3.63, 3.8) is 0 Å². The van der Waals surface area contributed by atoms with E-state index in [9.17, 15) is 4.79 Å². The second-order valence-electron chi connectivity index (χ2n) is 4.47. The minimum atomic E-state index is -0.214. The highest BCUT2D eigenvalue weighted by Gasteiger charge is 2.41. The number of rotatable bonds is 4. The molecule has 0 aliphatic heterocycles. The van der Waals surface area contributed by atoms with Gasteiger partial charge in [-0.25, -0.2) is 0 Å². The SMILES string of the molecule is COCOC1C[C@@H]2C[C@@H]1C=C[C@@H]2OC(C)=O. The molecular weight excluding hydrogens is 208 g/mol.